The number of hydrogen-bond acceptors (Lipinski definition) is 7. The van der Waals surface area contributed by atoms with Crippen molar-refractivity contribution in [2.24, 2.45) is 0 Å². The van der Waals surface area contributed by atoms with Crippen LogP contribution in [0, 0.1) is 0 Å². The second-order valence-electron chi connectivity index (χ2n) is 24.6. The van der Waals surface area contributed by atoms with Gasteiger partial charge in [-0.15, -0.1) is 0 Å². The van der Waals surface area contributed by atoms with Crippen molar-refractivity contribution in [3.05, 3.63) is 48.6 Å². The molecule has 2 unspecified atom stereocenters. The van der Waals surface area contributed by atoms with Crippen LogP contribution in [0.2, 0.25) is 0 Å². The number of esters is 2. The first-order chi connectivity index (χ1) is 39.0. The standard InChI is InChI=1S/C70H132NO8P/c1-6-8-10-12-14-16-18-20-22-24-26-28-30-32-33-34-35-36-37-39-40-42-44-46-48-50-52-54-56-58-60-62-69(72)76-66-68(67-78-80(74,75)77-65-64-71(3,4)5)79-70(73)63-61-59-57-55-53-51-49-47-45-43-41-38-31-29-27-25-23-21-19-17-15-13-11-9-7-2/h19,21,24-27,31,38,68H,6-18,20,22-23,28-30,32-37,39-67H2,1-5H3/p+1/b21-19-,26-24-,27-25-,38-31-. The first-order valence-corrected chi connectivity index (χ1v) is 35.9. The van der Waals surface area contributed by atoms with Gasteiger partial charge in [0.05, 0.1) is 27.7 Å². The molecule has 0 aromatic heterocycles. The van der Waals surface area contributed by atoms with Crippen molar-refractivity contribution in [1.29, 1.82) is 0 Å². The Balaban J connectivity index is 4.03. The Morgan fingerprint density at radius 3 is 1.01 bits per heavy atom. The Labute approximate surface area is 496 Å². The minimum atomic E-state index is -4.39. The molecule has 0 saturated heterocycles. The number of quaternary nitrogens is 1. The third kappa shape index (κ3) is 65.1. The van der Waals surface area contributed by atoms with Crippen molar-refractivity contribution in [1.82, 2.24) is 0 Å². The van der Waals surface area contributed by atoms with Crippen molar-refractivity contribution < 1.29 is 42.1 Å². The van der Waals surface area contributed by atoms with Crippen molar-refractivity contribution in [2.45, 2.75) is 341 Å². The monoisotopic (exact) mass is 1150 g/mol. The van der Waals surface area contributed by atoms with E-state index in [9.17, 15) is 19.0 Å². The van der Waals surface area contributed by atoms with Crippen molar-refractivity contribution in [3.8, 4) is 0 Å². The summed E-state index contributed by atoms with van der Waals surface area (Å²) < 4.78 is 34.7. The van der Waals surface area contributed by atoms with Gasteiger partial charge in [0.1, 0.15) is 19.8 Å². The lowest BCUT2D eigenvalue weighted by molar-refractivity contribution is -0.870. The molecule has 0 fully saturated rings. The molecular formula is C70H133NO8P+. The topological polar surface area (TPSA) is 108 Å². The van der Waals surface area contributed by atoms with Crippen LogP contribution in [0.15, 0.2) is 48.6 Å². The number of rotatable bonds is 64. The first kappa shape index (κ1) is 78.0. The fourth-order valence-corrected chi connectivity index (χ4v) is 10.8. The van der Waals surface area contributed by atoms with Crippen LogP contribution in [0.25, 0.3) is 0 Å². The van der Waals surface area contributed by atoms with Crippen LogP contribution < -0.4 is 0 Å². The van der Waals surface area contributed by atoms with Gasteiger partial charge in [0.25, 0.3) is 0 Å². The molecule has 10 heteroatoms. The zero-order chi connectivity index (χ0) is 58.4. The maximum absolute atomic E-state index is 12.9. The van der Waals surface area contributed by atoms with Crippen LogP contribution in [0.3, 0.4) is 0 Å². The number of phosphoric acid groups is 1. The number of carbonyl (C=O) groups excluding carboxylic acids is 2. The van der Waals surface area contributed by atoms with Crippen LogP contribution in [0.1, 0.15) is 335 Å². The van der Waals surface area contributed by atoms with Crippen LogP contribution in [-0.4, -0.2) is 74.9 Å². The van der Waals surface area contributed by atoms with Gasteiger partial charge in [-0.25, -0.2) is 4.57 Å². The summed E-state index contributed by atoms with van der Waals surface area (Å²) in [7, 11) is 1.49. The summed E-state index contributed by atoms with van der Waals surface area (Å²) in [6.07, 6.45) is 79.3. The minimum Gasteiger partial charge on any atom is -0.462 e. The highest BCUT2D eigenvalue weighted by atomic mass is 31.2. The molecular weight excluding hydrogens is 1010 g/mol. The summed E-state index contributed by atoms with van der Waals surface area (Å²) in [4.78, 5) is 35.8. The van der Waals surface area contributed by atoms with Gasteiger partial charge in [-0.05, 0) is 77.0 Å². The van der Waals surface area contributed by atoms with Gasteiger partial charge in [-0.1, -0.05) is 294 Å². The molecule has 0 heterocycles. The predicted molar refractivity (Wildman–Crippen MR) is 344 cm³/mol. The maximum atomic E-state index is 12.9. The van der Waals surface area contributed by atoms with Crippen molar-refractivity contribution in [3.63, 3.8) is 0 Å². The van der Waals surface area contributed by atoms with Gasteiger partial charge in [0.15, 0.2) is 6.10 Å². The molecule has 0 aromatic carbocycles. The van der Waals surface area contributed by atoms with E-state index in [0.717, 1.165) is 51.4 Å². The molecule has 0 aliphatic heterocycles. The van der Waals surface area contributed by atoms with E-state index in [0.29, 0.717) is 23.9 Å². The molecule has 0 aliphatic rings. The minimum absolute atomic E-state index is 0.0316. The largest absolute Gasteiger partial charge is 0.472 e. The van der Waals surface area contributed by atoms with E-state index in [1.807, 2.05) is 21.1 Å². The van der Waals surface area contributed by atoms with E-state index in [-0.39, 0.29) is 25.6 Å². The lowest BCUT2D eigenvalue weighted by Gasteiger charge is -2.24. The van der Waals surface area contributed by atoms with Crippen LogP contribution in [0.5, 0.6) is 0 Å². The smallest absolute Gasteiger partial charge is 0.462 e. The van der Waals surface area contributed by atoms with E-state index < -0.39 is 26.5 Å². The molecule has 470 valence electrons. The summed E-state index contributed by atoms with van der Waals surface area (Å²) in [5, 5.41) is 0. The normalized spacial score (nSPS) is 13.4. The third-order valence-corrected chi connectivity index (χ3v) is 16.3. The summed E-state index contributed by atoms with van der Waals surface area (Å²) in [5.41, 5.74) is 0. The fourth-order valence-electron chi connectivity index (χ4n) is 10.0. The van der Waals surface area contributed by atoms with E-state index in [2.05, 4.69) is 62.5 Å². The number of carbonyl (C=O) groups is 2. The quantitative estimate of drug-likeness (QED) is 0.0211. The maximum Gasteiger partial charge on any atom is 0.472 e. The zero-order valence-corrected chi connectivity index (χ0v) is 54.5. The first-order valence-electron chi connectivity index (χ1n) is 34.4. The highest BCUT2D eigenvalue weighted by Gasteiger charge is 2.27. The molecule has 0 bridgehead atoms. The van der Waals surface area contributed by atoms with Crippen LogP contribution in [0.4, 0.5) is 0 Å². The summed E-state index contributed by atoms with van der Waals surface area (Å²) in [5.74, 6) is -0.787. The van der Waals surface area contributed by atoms with Gasteiger partial charge < -0.3 is 18.9 Å². The number of phosphoric ester groups is 1. The van der Waals surface area contributed by atoms with Gasteiger partial charge in [0, 0.05) is 12.8 Å². The summed E-state index contributed by atoms with van der Waals surface area (Å²) >= 11 is 0. The third-order valence-electron chi connectivity index (χ3n) is 15.3. The average molecular weight is 1150 g/mol. The SMILES string of the molecule is CCCCCCC/C=C\C/C=C\C/C=C\CCCCCCCCCCCCC(=O)OC(COC(=O)CCCCCCCCCCCCCCCCCCCCC/C=C\CCCCCCCCCC)COP(=O)(O)OCC[N+](C)(C)C. The molecule has 0 radical (unpaired) electrons. The second-order valence-corrected chi connectivity index (χ2v) is 26.0. The molecule has 0 rings (SSSR count). The van der Waals surface area contributed by atoms with E-state index in [4.69, 9.17) is 18.5 Å². The van der Waals surface area contributed by atoms with Crippen molar-refractivity contribution in [2.75, 3.05) is 47.5 Å². The van der Waals surface area contributed by atoms with E-state index >= 15 is 0 Å². The Bertz CT molecular complexity index is 1490. The van der Waals surface area contributed by atoms with Crippen LogP contribution >= 0.6 is 7.82 Å². The van der Waals surface area contributed by atoms with Gasteiger partial charge in [0.2, 0.25) is 0 Å². The number of ether oxygens (including phenoxy) is 2. The van der Waals surface area contributed by atoms with Crippen LogP contribution in [-0.2, 0) is 32.7 Å². The molecule has 0 amide bonds. The number of nitrogens with zero attached hydrogens (tertiary/aromatic N) is 1. The Morgan fingerprint density at radius 1 is 0.388 bits per heavy atom. The lowest BCUT2D eigenvalue weighted by Crippen LogP contribution is -2.37. The lowest BCUT2D eigenvalue weighted by atomic mass is 10.0. The Morgan fingerprint density at radius 2 is 0.675 bits per heavy atom. The molecule has 9 nitrogen and oxygen atoms in total. The summed E-state index contributed by atoms with van der Waals surface area (Å²) in [6.45, 7) is 4.47. The number of likely N-dealkylation sites (N-methyl/N-ethyl adjacent to an activating group) is 1. The molecule has 2 atom stereocenters. The Kier molecular flexibility index (Phi) is 60.0. The van der Waals surface area contributed by atoms with E-state index in [1.54, 1.807) is 0 Å². The average Bonchev–Trinajstić information content (AvgIpc) is 3.42. The molecule has 0 saturated carbocycles. The molecule has 0 aliphatic carbocycles. The predicted octanol–water partition coefficient (Wildman–Crippen LogP) is 22.1. The zero-order valence-electron chi connectivity index (χ0n) is 53.6. The van der Waals surface area contributed by atoms with Crippen molar-refractivity contribution >= 4 is 19.8 Å². The number of unbranched alkanes of at least 4 members (excludes halogenated alkanes) is 42. The fraction of sp³-hybridized carbons (Fsp3) is 0.857. The summed E-state index contributed by atoms with van der Waals surface area (Å²) in [6, 6.07) is 0. The molecule has 1 N–H and O–H groups in total. The number of allylic oxidation sites excluding steroid dienone is 8. The van der Waals surface area contributed by atoms with Gasteiger partial charge in [-0.3, -0.25) is 18.6 Å². The molecule has 80 heavy (non-hydrogen) atoms. The van der Waals surface area contributed by atoms with Gasteiger partial charge in [-0.2, -0.15) is 0 Å². The van der Waals surface area contributed by atoms with Gasteiger partial charge >= 0.3 is 19.8 Å². The van der Waals surface area contributed by atoms with E-state index in [1.165, 1.54) is 250 Å². The second kappa shape index (κ2) is 61.5. The molecule has 0 aromatic rings. The highest BCUT2D eigenvalue weighted by Crippen LogP contribution is 2.43. The highest BCUT2D eigenvalue weighted by molar-refractivity contribution is 7.47. The molecule has 0 spiro atoms. The number of hydrogen-bond donors (Lipinski definition) is 1. The Hall–Kier alpha value is -2.03.